The molecule has 0 fully saturated rings. The normalized spacial score (nSPS) is 12.3. The van der Waals surface area contributed by atoms with Gasteiger partial charge in [-0.05, 0) is 19.1 Å². The molecule has 0 aromatic heterocycles. The maximum Gasteiger partial charge on any atom is 0.253 e. The van der Waals surface area contributed by atoms with Crippen LogP contribution in [0.1, 0.15) is 17.3 Å². The molecule has 0 unspecified atom stereocenters. The predicted molar refractivity (Wildman–Crippen MR) is 73.9 cm³/mol. The van der Waals surface area contributed by atoms with Gasteiger partial charge >= 0.3 is 0 Å². The van der Waals surface area contributed by atoms with Gasteiger partial charge in [-0.25, -0.2) is 4.99 Å². The molecule has 5 nitrogen and oxygen atoms in total. The molecule has 0 aliphatic carbocycles. The fraction of sp³-hybridized carbons (Fsp3) is 0.167. The number of para-hydroxylation sites is 1. The Kier molecular flexibility index (Phi) is 5.20. The molecular weight excluding hydrogens is 252 g/mol. The first-order valence-electron chi connectivity index (χ1n) is 5.39. The van der Waals surface area contributed by atoms with Gasteiger partial charge in [-0.1, -0.05) is 23.7 Å². The molecule has 1 rings (SSSR count). The van der Waals surface area contributed by atoms with Gasteiger partial charge < -0.3 is 16.8 Å². The number of aliphatic imine (C=N–C) groups is 1. The monoisotopic (exact) mass is 266 g/mol. The average Bonchev–Trinajstić information content (AvgIpc) is 2.38. The van der Waals surface area contributed by atoms with Crippen LogP contribution in [0.3, 0.4) is 0 Å². The third kappa shape index (κ3) is 3.49. The summed E-state index contributed by atoms with van der Waals surface area (Å²) in [5.41, 5.74) is 11.8. The van der Waals surface area contributed by atoms with E-state index in [0.717, 1.165) is 6.20 Å². The van der Waals surface area contributed by atoms with Crippen LogP contribution in [0.4, 0.5) is 5.69 Å². The number of nitrogens with one attached hydrogen (secondary N) is 1. The van der Waals surface area contributed by atoms with E-state index in [0.29, 0.717) is 17.8 Å². The zero-order chi connectivity index (χ0) is 13.5. The summed E-state index contributed by atoms with van der Waals surface area (Å²) in [6.45, 7) is 2.38. The summed E-state index contributed by atoms with van der Waals surface area (Å²) >= 11 is 5.74. The van der Waals surface area contributed by atoms with E-state index >= 15 is 0 Å². The van der Waals surface area contributed by atoms with E-state index in [9.17, 15) is 4.79 Å². The van der Waals surface area contributed by atoms with Crippen LogP contribution in [0.25, 0.3) is 0 Å². The minimum atomic E-state index is -0.211. The lowest BCUT2D eigenvalue weighted by Gasteiger charge is -2.06. The molecule has 0 radical (unpaired) electrons. The third-order valence-corrected chi connectivity index (χ3v) is 2.44. The Morgan fingerprint density at radius 3 is 2.78 bits per heavy atom. The Hall–Kier alpha value is -2.01. The SMILES string of the molecule is CCNC(=O)c1ccccc1N=C(N)C(Cl)=CN. The molecule has 96 valence electrons. The second kappa shape index (κ2) is 6.66. The molecule has 1 aromatic carbocycles. The first-order chi connectivity index (χ1) is 8.60. The van der Waals surface area contributed by atoms with Crippen molar-refractivity contribution in [2.45, 2.75) is 6.92 Å². The van der Waals surface area contributed by atoms with Crippen molar-refractivity contribution >= 4 is 29.0 Å². The Morgan fingerprint density at radius 1 is 1.50 bits per heavy atom. The number of nitrogens with two attached hydrogens (primary N) is 2. The first-order valence-corrected chi connectivity index (χ1v) is 5.77. The molecular formula is C12H15ClN4O. The van der Waals surface area contributed by atoms with Crippen molar-refractivity contribution in [1.29, 1.82) is 0 Å². The van der Waals surface area contributed by atoms with Crippen LogP contribution in [-0.2, 0) is 0 Å². The van der Waals surface area contributed by atoms with Crippen LogP contribution in [0.2, 0.25) is 0 Å². The number of amides is 1. The van der Waals surface area contributed by atoms with Crippen LogP contribution in [0.15, 0.2) is 40.5 Å². The quantitative estimate of drug-likeness (QED) is 0.569. The molecule has 0 aliphatic heterocycles. The minimum absolute atomic E-state index is 0.0657. The fourth-order valence-electron chi connectivity index (χ4n) is 1.29. The minimum Gasteiger partial charge on any atom is -0.403 e. The summed E-state index contributed by atoms with van der Waals surface area (Å²) in [6.07, 6.45) is 1.15. The number of rotatable bonds is 4. The smallest absolute Gasteiger partial charge is 0.253 e. The topological polar surface area (TPSA) is 93.5 Å². The molecule has 1 aromatic rings. The van der Waals surface area contributed by atoms with Crippen LogP contribution >= 0.6 is 11.6 Å². The predicted octanol–water partition coefficient (Wildman–Crippen LogP) is 1.46. The zero-order valence-electron chi connectivity index (χ0n) is 9.98. The number of carbonyl (C=O) groups excluding carboxylic acids is 1. The largest absolute Gasteiger partial charge is 0.403 e. The van der Waals surface area contributed by atoms with Crippen molar-refractivity contribution in [2.24, 2.45) is 16.5 Å². The highest BCUT2D eigenvalue weighted by Crippen LogP contribution is 2.19. The standard InChI is InChI=1S/C12H15ClN4O/c1-2-16-12(18)8-5-3-4-6-10(8)17-11(15)9(13)7-14/h3-7H,2,14H2,1H3,(H2,15,17)(H,16,18). The highest BCUT2D eigenvalue weighted by molar-refractivity contribution is 6.43. The lowest BCUT2D eigenvalue weighted by atomic mass is 10.1. The summed E-state index contributed by atoms with van der Waals surface area (Å²) in [5, 5.41) is 2.84. The van der Waals surface area contributed by atoms with Crippen molar-refractivity contribution in [3.8, 4) is 0 Å². The second-order valence-corrected chi connectivity index (χ2v) is 3.80. The number of hydrogen-bond donors (Lipinski definition) is 3. The summed E-state index contributed by atoms with van der Waals surface area (Å²) in [4.78, 5) is 15.9. The lowest BCUT2D eigenvalue weighted by Crippen LogP contribution is -2.23. The van der Waals surface area contributed by atoms with Gasteiger partial charge in [-0.15, -0.1) is 0 Å². The summed E-state index contributed by atoms with van der Waals surface area (Å²) < 4.78 is 0. The summed E-state index contributed by atoms with van der Waals surface area (Å²) in [6, 6.07) is 6.85. The lowest BCUT2D eigenvalue weighted by molar-refractivity contribution is 0.0956. The number of amidine groups is 1. The average molecular weight is 267 g/mol. The maximum absolute atomic E-state index is 11.8. The van der Waals surface area contributed by atoms with Crippen molar-refractivity contribution < 1.29 is 4.79 Å². The number of nitrogens with zero attached hydrogens (tertiary/aromatic N) is 1. The maximum atomic E-state index is 11.8. The third-order valence-electron chi connectivity index (χ3n) is 2.12. The van der Waals surface area contributed by atoms with Gasteiger partial charge in [0.25, 0.3) is 5.91 Å². The first kappa shape index (κ1) is 14.1. The highest BCUT2D eigenvalue weighted by atomic mass is 35.5. The Balaban J connectivity index is 3.14. The molecule has 0 aliphatic rings. The van der Waals surface area contributed by atoms with Gasteiger partial charge in [0.2, 0.25) is 0 Å². The van der Waals surface area contributed by atoms with Crippen LogP contribution in [0, 0.1) is 0 Å². The van der Waals surface area contributed by atoms with Crippen molar-refractivity contribution in [3.05, 3.63) is 41.1 Å². The molecule has 0 spiro atoms. The number of benzene rings is 1. The van der Waals surface area contributed by atoms with E-state index in [1.54, 1.807) is 24.3 Å². The molecule has 1 amide bonds. The van der Waals surface area contributed by atoms with Gasteiger partial charge in [0.1, 0.15) is 5.84 Å². The fourth-order valence-corrected chi connectivity index (χ4v) is 1.33. The van der Waals surface area contributed by atoms with E-state index in [2.05, 4.69) is 10.3 Å². The molecule has 0 heterocycles. The molecule has 0 saturated heterocycles. The number of carbonyl (C=O) groups is 1. The molecule has 6 heteroatoms. The summed E-state index contributed by atoms with van der Waals surface area (Å²) in [7, 11) is 0. The van der Waals surface area contributed by atoms with Gasteiger partial charge in [-0.3, -0.25) is 4.79 Å². The molecule has 5 N–H and O–H groups in total. The van der Waals surface area contributed by atoms with Gasteiger partial charge in [0.05, 0.1) is 16.3 Å². The highest BCUT2D eigenvalue weighted by Gasteiger charge is 2.10. The zero-order valence-corrected chi connectivity index (χ0v) is 10.7. The van der Waals surface area contributed by atoms with E-state index < -0.39 is 0 Å². The Labute approximate surface area is 111 Å². The van der Waals surface area contributed by atoms with Crippen LogP contribution in [0.5, 0.6) is 0 Å². The van der Waals surface area contributed by atoms with Crippen molar-refractivity contribution in [2.75, 3.05) is 6.54 Å². The molecule has 0 bridgehead atoms. The Bertz CT molecular complexity index is 497. The second-order valence-electron chi connectivity index (χ2n) is 3.39. The van der Waals surface area contributed by atoms with Crippen LogP contribution < -0.4 is 16.8 Å². The van der Waals surface area contributed by atoms with E-state index in [4.69, 9.17) is 23.1 Å². The van der Waals surface area contributed by atoms with Crippen LogP contribution in [-0.4, -0.2) is 18.3 Å². The number of halogens is 1. The van der Waals surface area contributed by atoms with Gasteiger partial charge in [0, 0.05) is 12.7 Å². The molecule has 0 atom stereocenters. The molecule has 18 heavy (non-hydrogen) atoms. The Morgan fingerprint density at radius 2 is 2.17 bits per heavy atom. The van der Waals surface area contributed by atoms with Crippen molar-refractivity contribution in [3.63, 3.8) is 0 Å². The van der Waals surface area contributed by atoms with E-state index in [1.807, 2.05) is 6.92 Å². The van der Waals surface area contributed by atoms with E-state index in [-0.39, 0.29) is 16.8 Å². The van der Waals surface area contributed by atoms with E-state index in [1.165, 1.54) is 0 Å². The summed E-state index contributed by atoms with van der Waals surface area (Å²) in [5.74, 6) is -0.145. The molecule has 0 saturated carbocycles. The van der Waals surface area contributed by atoms with Crippen molar-refractivity contribution in [1.82, 2.24) is 5.32 Å². The van der Waals surface area contributed by atoms with Gasteiger partial charge in [-0.2, -0.15) is 0 Å². The van der Waals surface area contributed by atoms with Gasteiger partial charge in [0.15, 0.2) is 0 Å². The number of hydrogen-bond acceptors (Lipinski definition) is 3.